The first-order valence-corrected chi connectivity index (χ1v) is 13.6. The number of hydrogen-bond donors (Lipinski definition) is 2. The average Bonchev–Trinajstić information content (AvgIpc) is 3.34. The minimum absolute atomic E-state index is 0.0199. The lowest BCUT2D eigenvalue weighted by molar-refractivity contribution is -0.137. The third-order valence-corrected chi connectivity index (χ3v) is 7.64. The Morgan fingerprint density at radius 3 is 2.56 bits per heavy atom. The van der Waals surface area contributed by atoms with Gasteiger partial charge in [-0.25, -0.2) is 15.0 Å². The molecule has 2 atom stereocenters. The molecular formula is C30H31F3N6O2. The first kappa shape index (κ1) is 28.3. The number of amides is 1. The monoisotopic (exact) mass is 564 g/mol. The molecule has 8 nitrogen and oxygen atoms in total. The lowest BCUT2D eigenvalue weighted by atomic mass is 9.78. The van der Waals surface area contributed by atoms with Crippen LogP contribution in [0.5, 0.6) is 0 Å². The van der Waals surface area contributed by atoms with Gasteiger partial charge in [-0.3, -0.25) is 14.0 Å². The maximum absolute atomic E-state index is 13.0. The number of Topliss-reactive ketones (excluding diaryl/α,β-unsaturated/α-hetero) is 1. The number of nitrogens with two attached hydrogens (primary N) is 1. The number of hydrogen-bond acceptors (Lipinski definition) is 6. The molecule has 11 heteroatoms. The number of imidazole rings is 1. The number of rotatable bonds is 7. The molecule has 1 fully saturated rings. The Labute approximate surface area is 235 Å². The second-order valence-electron chi connectivity index (χ2n) is 10.9. The number of nitrogen functional groups attached to an aromatic ring is 1. The van der Waals surface area contributed by atoms with Crippen LogP contribution in [0.4, 0.5) is 24.8 Å². The molecule has 0 aliphatic heterocycles. The molecule has 5 rings (SSSR count). The van der Waals surface area contributed by atoms with E-state index in [0.717, 1.165) is 49.8 Å². The number of ketones is 1. The number of aromatic nitrogens is 4. The van der Waals surface area contributed by atoms with Gasteiger partial charge in [0.15, 0.2) is 0 Å². The van der Waals surface area contributed by atoms with Crippen LogP contribution >= 0.6 is 0 Å². The van der Waals surface area contributed by atoms with Gasteiger partial charge in [0.25, 0.3) is 5.91 Å². The summed E-state index contributed by atoms with van der Waals surface area (Å²) in [6.45, 7) is 3.87. The lowest BCUT2D eigenvalue weighted by Gasteiger charge is -2.28. The predicted octanol–water partition coefficient (Wildman–Crippen LogP) is 6.53. The highest BCUT2D eigenvalue weighted by Gasteiger charge is 2.31. The molecule has 0 unspecified atom stereocenters. The van der Waals surface area contributed by atoms with Gasteiger partial charge >= 0.3 is 6.18 Å². The van der Waals surface area contributed by atoms with E-state index in [1.165, 1.54) is 0 Å². The van der Waals surface area contributed by atoms with Gasteiger partial charge in [-0.15, -0.1) is 0 Å². The molecule has 214 valence electrons. The molecule has 1 aliphatic rings. The summed E-state index contributed by atoms with van der Waals surface area (Å²) in [4.78, 5) is 38.2. The summed E-state index contributed by atoms with van der Waals surface area (Å²) in [6, 6.07) is 8.21. The molecule has 0 spiro atoms. The van der Waals surface area contributed by atoms with E-state index >= 15 is 0 Å². The highest BCUT2D eigenvalue weighted by Crippen LogP contribution is 2.40. The number of halogens is 3. The first-order chi connectivity index (χ1) is 19.5. The summed E-state index contributed by atoms with van der Waals surface area (Å²) in [7, 11) is 0. The van der Waals surface area contributed by atoms with Crippen LogP contribution in [0.1, 0.15) is 73.6 Å². The number of pyridine rings is 1. The van der Waals surface area contributed by atoms with Crippen LogP contribution in [0.15, 0.2) is 55.0 Å². The lowest BCUT2D eigenvalue weighted by Crippen LogP contribution is -2.20. The summed E-state index contributed by atoms with van der Waals surface area (Å²) >= 11 is 0. The number of carbonyl (C=O) groups excluding carboxylic acids is 2. The van der Waals surface area contributed by atoms with Crippen molar-refractivity contribution in [1.29, 1.82) is 0 Å². The molecule has 4 aromatic rings. The van der Waals surface area contributed by atoms with E-state index < -0.39 is 17.6 Å². The van der Waals surface area contributed by atoms with Crippen molar-refractivity contribution >= 4 is 28.8 Å². The van der Waals surface area contributed by atoms with E-state index in [4.69, 9.17) is 10.7 Å². The standard InChI is InChI=1S/C30H31F3N6O2/c1-17(2)23(40)15-18-4-3-5-21(14-18)28-38-25(26-27(34)36-12-13-39(26)28)19-6-8-20(9-7-19)29(41)37-24-16-22(10-11-35-24)30(31,32)33/h6-13,16-18,21H,3-5,14-15H2,1-2H3,(H2,34,36)(H,35,37,41)/t18-,21+/m0/s1. The average molecular weight is 565 g/mol. The van der Waals surface area contributed by atoms with Crippen molar-refractivity contribution in [2.45, 2.75) is 58.0 Å². The number of anilines is 2. The van der Waals surface area contributed by atoms with Gasteiger partial charge in [-0.1, -0.05) is 32.4 Å². The van der Waals surface area contributed by atoms with Crippen LogP contribution in [0, 0.1) is 11.8 Å². The predicted molar refractivity (Wildman–Crippen MR) is 149 cm³/mol. The molecule has 41 heavy (non-hydrogen) atoms. The van der Waals surface area contributed by atoms with Crippen LogP contribution in [0.2, 0.25) is 0 Å². The number of nitrogens with zero attached hydrogens (tertiary/aromatic N) is 4. The topological polar surface area (TPSA) is 115 Å². The number of benzene rings is 1. The van der Waals surface area contributed by atoms with Crippen LogP contribution in [0.3, 0.4) is 0 Å². The minimum atomic E-state index is -4.54. The Balaban J connectivity index is 1.40. The molecular weight excluding hydrogens is 533 g/mol. The molecule has 1 amide bonds. The number of carbonyl (C=O) groups is 2. The fraction of sp³-hybridized carbons (Fsp3) is 0.367. The smallest absolute Gasteiger partial charge is 0.382 e. The van der Waals surface area contributed by atoms with Crippen molar-refractivity contribution in [3.05, 3.63) is 71.9 Å². The molecule has 3 heterocycles. The zero-order chi connectivity index (χ0) is 29.3. The molecule has 0 bridgehead atoms. The molecule has 0 saturated heterocycles. The number of nitrogens with one attached hydrogen (secondary N) is 1. The van der Waals surface area contributed by atoms with Crippen molar-refractivity contribution < 1.29 is 22.8 Å². The van der Waals surface area contributed by atoms with E-state index in [1.807, 2.05) is 24.4 Å². The quantitative estimate of drug-likeness (QED) is 0.264. The highest BCUT2D eigenvalue weighted by atomic mass is 19.4. The fourth-order valence-corrected chi connectivity index (χ4v) is 5.45. The van der Waals surface area contributed by atoms with Gasteiger partial charge < -0.3 is 11.1 Å². The second kappa shape index (κ2) is 11.3. The summed E-state index contributed by atoms with van der Waals surface area (Å²) in [6.07, 6.45) is 4.35. The Bertz CT molecular complexity index is 1580. The van der Waals surface area contributed by atoms with Crippen molar-refractivity contribution in [1.82, 2.24) is 19.4 Å². The maximum Gasteiger partial charge on any atom is 0.416 e. The van der Waals surface area contributed by atoms with Gasteiger partial charge in [-0.05, 0) is 49.4 Å². The normalized spacial score (nSPS) is 17.6. The summed E-state index contributed by atoms with van der Waals surface area (Å²) < 4.78 is 41.0. The summed E-state index contributed by atoms with van der Waals surface area (Å²) in [5.41, 5.74) is 7.64. The molecule has 3 aromatic heterocycles. The van der Waals surface area contributed by atoms with Crippen LogP contribution in [-0.4, -0.2) is 31.0 Å². The fourth-order valence-electron chi connectivity index (χ4n) is 5.45. The maximum atomic E-state index is 13.0. The Morgan fingerprint density at radius 2 is 1.85 bits per heavy atom. The van der Waals surface area contributed by atoms with Crippen molar-refractivity contribution in [3.8, 4) is 11.3 Å². The van der Waals surface area contributed by atoms with E-state index in [0.29, 0.717) is 34.9 Å². The molecule has 1 saturated carbocycles. The first-order valence-electron chi connectivity index (χ1n) is 13.6. The van der Waals surface area contributed by atoms with Gasteiger partial charge in [0, 0.05) is 48.0 Å². The molecule has 1 aromatic carbocycles. The van der Waals surface area contributed by atoms with Crippen molar-refractivity contribution in [2.75, 3.05) is 11.1 Å². The van der Waals surface area contributed by atoms with Crippen LogP contribution in [0.25, 0.3) is 16.8 Å². The Hall–Kier alpha value is -4.28. The van der Waals surface area contributed by atoms with Gasteiger partial charge in [0.1, 0.15) is 34.5 Å². The van der Waals surface area contributed by atoms with Gasteiger partial charge in [-0.2, -0.15) is 13.2 Å². The van der Waals surface area contributed by atoms with Gasteiger partial charge in [0.05, 0.1) is 5.56 Å². The van der Waals surface area contributed by atoms with E-state index in [1.54, 1.807) is 30.5 Å². The summed E-state index contributed by atoms with van der Waals surface area (Å²) in [5, 5.41) is 2.42. The van der Waals surface area contributed by atoms with E-state index in [9.17, 15) is 22.8 Å². The van der Waals surface area contributed by atoms with Crippen molar-refractivity contribution in [3.63, 3.8) is 0 Å². The zero-order valence-electron chi connectivity index (χ0n) is 22.8. The molecule has 1 aliphatic carbocycles. The zero-order valence-corrected chi connectivity index (χ0v) is 22.8. The van der Waals surface area contributed by atoms with Crippen molar-refractivity contribution in [2.24, 2.45) is 11.8 Å². The molecule has 3 N–H and O–H groups in total. The van der Waals surface area contributed by atoms with E-state index in [-0.39, 0.29) is 29.0 Å². The molecule has 0 radical (unpaired) electrons. The highest BCUT2D eigenvalue weighted by molar-refractivity contribution is 6.04. The van der Waals surface area contributed by atoms with Crippen LogP contribution in [-0.2, 0) is 11.0 Å². The number of alkyl halides is 3. The largest absolute Gasteiger partial charge is 0.416 e. The summed E-state index contributed by atoms with van der Waals surface area (Å²) in [5.74, 6) is 1.16. The third-order valence-electron chi connectivity index (χ3n) is 7.64. The number of fused-ring (bicyclic) bond motifs is 1. The third kappa shape index (κ3) is 6.08. The SMILES string of the molecule is CC(C)C(=O)C[C@H]1CCC[C@@H](c2nc(-c3ccc(C(=O)Nc4cc(C(F)(F)F)ccn4)cc3)c3c(N)nccn23)C1. The Morgan fingerprint density at radius 1 is 1.10 bits per heavy atom. The Kier molecular flexibility index (Phi) is 7.79. The van der Waals surface area contributed by atoms with Gasteiger partial charge in [0.2, 0.25) is 0 Å². The second-order valence-corrected chi connectivity index (χ2v) is 10.9. The minimum Gasteiger partial charge on any atom is -0.382 e. The van der Waals surface area contributed by atoms with E-state index in [2.05, 4.69) is 15.3 Å². The van der Waals surface area contributed by atoms with Crippen LogP contribution < -0.4 is 11.1 Å².